The van der Waals surface area contributed by atoms with Crippen molar-refractivity contribution in [2.45, 2.75) is 24.8 Å². The number of nitrogens with one attached hydrogen (secondary N) is 1. The van der Waals surface area contributed by atoms with E-state index in [1.807, 2.05) is 31.2 Å². The van der Waals surface area contributed by atoms with Gasteiger partial charge in [0.05, 0.1) is 24.7 Å². The third-order valence-corrected chi connectivity index (χ3v) is 4.88. The summed E-state index contributed by atoms with van der Waals surface area (Å²) in [5.41, 5.74) is 6.18. The smallest absolute Gasteiger partial charge is 0.219 e. The second-order valence-electron chi connectivity index (χ2n) is 5.72. The summed E-state index contributed by atoms with van der Waals surface area (Å²) in [7, 11) is 0. The summed E-state index contributed by atoms with van der Waals surface area (Å²) in [5.74, 6) is 0.656. The average Bonchev–Trinajstić information content (AvgIpc) is 2.87. The molecule has 21 heavy (non-hydrogen) atoms. The van der Waals surface area contributed by atoms with E-state index in [0.717, 1.165) is 23.0 Å². The maximum atomic E-state index is 4.27. The van der Waals surface area contributed by atoms with Crippen LogP contribution in [0.25, 0.3) is 0 Å². The summed E-state index contributed by atoms with van der Waals surface area (Å²) in [6.07, 6.45) is 11.8. The molecule has 1 aromatic rings. The molecule has 1 saturated carbocycles. The van der Waals surface area contributed by atoms with Gasteiger partial charge in [-0.15, -0.1) is 10.0 Å². The molecule has 2 aliphatic heterocycles. The van der Waals surface area contributed by atoms with E-state index < -0.39 is 0 Å². The van der Waals surface area contributed by atoms with Crippen molar-refractivity contribution >= 4 is 28.5 Å². The molecule has 4 rings (SSSR count). The SMILES string of the molecule is Brc1ccc(C2CC(N[N+]34C=CN=CC3=CN=C4)C2)cc1. The fourth-order valence-electron chi connectivity index (χ4n) is 3.08. The molecule has 2 heterocycles. The Balaban J connectivity index is 1.42. The summed E-state index contributed by atoms with van der Waals surface area (Å²) in [5, 5.41) is 0. The second-order valence-corrected chi connectivity index (χ2v) is 6.63. The third kappa shape index (κ3) is 2.31. The highest BCUT2D eigenvalue weighted by Crippen LogP contribution is 2.38. The van der Waals surface area contributed by atoms with Crippen LogP contribution in [0, 0.1) is 0 Å². The van der Waals surface area contributed by atoms with Crippen LogP contribution < -0.4 is 5.43 Å². The molecule has 4 nitrogen and oxygen atoms in total. The van der Waals surface area contributed by atoms with Crippen LogP contribution in [0.5, 0.6) is 0 Å². The molecule has 1 aliphatic carbocycles. The number of hydrogen-bond acceptors (Lipinski definition) is 3. The van der Waals surface area contributed by atoms with Crippen molar-refractivity contribution in [1.29, 1.82) is 0 Å². The van der Waals surface area contributed by atoms with E-state index in [9.17, 15) is 0 Å². The second kappa shape index (κ2) is 5.02. The lowest BCUT2D eigenvalue weighted by molar-refractivity contribution is -0.788. The van der Waals surface area contributed by atoms with E-state index in [2.05, 4.69) is 55.6 Å². The van der Waals surface area contributed by atoms with Crippen LogP contribution in [-0.2, 0) is 0 Å². The van der Waals surface area contributed by atoms with Crippen LogP contribution in [0.1, 0.15) is 24.3 Å². The zero-order valence-electron chi connectivity index (χ0n) is 11.5. The molecule has 1 fully saturated rings. The van der Waals surface area contributed by atoms with Crippen molar-refractivity contribution in [2.24, 2.45) is 9.98 Å². The van der Waals surface area contributed by atoms with Crippen molar-refractivity contribution < 1.29 is 4.59 Å². The lowest BCUT2D eigenvalue weighted by atomic mass is 9.76. The fourth-order valence-corrected chi connectivity index (χ4v) is 3.34. The highest BCUT2D eigenvalue weighted by Gasteiger charge is 2.41. The van der Waals surface area contributed by atoms with E-state index in [0.29, 0.717) is 16.6 Å². The summed E-state index contributed by atoms with van der Waals surface area (Å²) >= 11 is 3.49. The summed E-state index contributed by atoms with van der Waals surface area (Å²) < 4.78 is 1.64. The molecule has 0 radical (unpaired) electrons. The first kappa shape index (κ1) is 13.1. The van der Waals surface area contributed by atoms with Gasteiger partial charge in [0.25, 0.3) is 0 Å². The Morgan fingerprint density at radius 1 is 1.14 bits per heavy atom. The van der Waals surface area contributed by atoms with Gasteiger partial charge in [0.15, 0.2) is 5.70 Å². The lowest BCUT2D eigenvalue weighted by Crippen LogP contribution is -2.58. The Hall–Kier alpha value is -1.56. The molecule has 1 unspecified atom stereocenters. The number of quaternary nitrogens is 1. The number of fused-ring (bicyclic) bond motifs is 1. The van der Waals surface area contributed by atoms with Crippen LogP contribution >= 0.6 is 15.9 Å². The minimum absolute atomic E-state index is 0.501. The molecular weight excluding hydrogens is 328 g/mol. The van der Waals surface area contributed by atoms with E-state index in [-0.39, 0.29) is 0 Å². The Labute approximate surface area is 132 Å². The molecule has 1 N–H and O–H groups in total. The zero-order chi connectivity index (χ0) is 14.3. The van der Waals surface area contributed by atoms with E-state index >= 15 is 0 Å². The Kier molecular flexibility index (Phi) is 3.14. The highest BCUT2D eigenvalue weighted by molar-refractivity contribution is 9.10. The minimum atomic E-state index is 0.501. The first-order chi connectivity index (χ1) is 10.3. The van der Waals surface area contributed by atoms with Crippen LogP contribution in [0.15, 0.2) is 63.0 Å². The van der Waals surface area contributed by atoms with Crippen molar-refractivity contribution in [3.8, 4) is 0 Å². The van der Waals surface area contributed by atoms with E-state index in [1.54, 1.807) is 0 Å². The number of aliphatic imine (C=N–C) groups is 2. The Morgan fingerprint density at radius 2 is 1.95 bits per heavy atom. The minimum Gasteiger partial charge on any atom is -0.253 e. The number of benzene rings is 1. The molecule has 1 aromatic carbocycles. The van der Waals surface area contributed by atoms with E-state index in [1.165, 1.54) is 5.56 Å². The van der Waals surface area contributed by atoms with Gasteiger partial charge in [0.1, 0.15) is 6.20 Å². The average molecular weight is 344 g/mol. The predicted molar refractivity (Wildman–Crippen MR) is 87.5 cm³/mol. The molecule has 5 heteroatoms. The van der Waals surface area contributed by atoms with Crippen molar-refractivity contribution in [1.82, 2.24) is 5.43 Å². The van der Waals surface area contributed by atoms with Crippen molar-refractivity contribution in [3.63, 3.8) is 0 Å². The number of rotatable bonds is 3. The standard InChI is InChI=1S/C16H16BrN4/c17-14-3-1-12(2-4-14)13-7-15(8-13)20-21-6-5-18-9-16(21)10-19-11-21/h1-6,9-11,13,15,20H,7-8H2/q+1. The molecular formula is C16H16BrN4+. The number of halogens is 1. The van der Waals surface area contributed by atoms with Gasteiger partial charge in [-0.1, -0.05) is 28.1 Å². The van der Waals surface area contributed by atoms with Gasteiger partial charge >= 0.3 is 0 Å². The van der Waals surface area contributed by atoms with Crippen molar-refractivity contribution in [2.75, 3.05) is 0 Å². The molecule has 0 amide bonds. The molecule has 0 spiro atoms. The summed E-state index contributed by atoms with van der Waals surface area (Å²) in [4.78, 5) is 8.45. The maximum absolute atomic E-state index is 4.27. The predicted octanol–water partition coefficient (Wildman–Crippen LogP) is 3.46. The quantitative estimate of drug-likeness (QED) is 0.838. The molecule has 0 bridgehead atoms. The van der Waals surface area contributed by atoms with Crippen LogP contribution in [0.3, 0.4) is 0 Å². The third-order valence-electron chi connectivity index (χ3n) is 4.35. The largest absolute Gasteiger partial charge is 0.253 e. The van der Waals surface area contributed by atoms with E-state index in [4.69, 9.17) is 0 Å². The topological polar surface area (TPSA) is 36.8 Å². The molecule has 3 aliphatic rings. The van der Waals surface area contributed by atoms with Gasteiger partial charge in [-0.05, 0) is 36.5 Å². The van der Waals surface area contributed by atoms with Crippen molar-refractivity contribution in [3.05, 3.63) is 58.6 Å². The van der Waals surface area contributed by atoms with Crippen LogP contribution in [0.4, 0.5) is 0 Å². The number of hydrogen-bond donors (Lipinski definition) is 1. The summed E-state index contributed by atoms with van der Waals surface area (Å²) in [6, 6.07) is 9.18. The van der Waals surface area contributed by atoms with Crippen LogP contribution in [-0.4, -0.2) is 23.2 Å². The van der Waals surface area contributed by atoms with Gasteiger partial charge in [0.2, 0.25) is 6.34 Å². The number of allylic oxidation sites excluding steroid dienone is 1. The van der Waals surface area contributed by atoms with Gasteiger partial charge in [0, 0.05) is 4.47 Å². The normalized spacial score (nSPS) is 32.7. The van der Waals surface area contributed by atoms with Crippen LogP contribution in [0.2, 0.25) is 0 Å². The van der Waals surface area contributed by atoms with Gasteiger partial charge in [-0.2, -0.15) is 0 Å². The molecule has 0 aromatic heterocycles. The van der Waals surface area contributed by atoms with Gasteiger partial charge in [-0.3, -0.25) is 4.99 Å². The first-order valence-corrected chi connectivity index (χ1v) is 7.92. The molecule has 1 atom stereocenters. The summed E-state index contributed by atoms with van der Waals surface area (Å²) in [6.45, 7) is 0. The molecule has 0 saturated heterocycles. The Bertz CT molecular complexity index is 668. The highest BCUT2D eigenvalue weighted by atomic mass is 79.9. The van der Waals surface area contributed by atoms with Gasteiger partial charge in [-0.25, -0.2) is 4.99 Å². The number of nitrogens with zero attached hydrogens (tertiary/aromatic N) is 3. The Morgan fingerprint density at radius 3 is 2.76 bits per heavy atom. The first-order valence-electron chi connectivity index (χ1n) is 7.13. The zero-order valence-corrected chi connectivity index (χ0v) is 13.1. The lowest BCUT2D eigenvalue weighted by Gasteiger charge is -2.40. The van der Waals surface area contributed by atoms with Gasteiger partial charge < -0.3 is 0 Å². The fraction of sp³-hybridized carbons (Fsp3) is 0.250. The maximum Gasteiger partial charge on any atom is 0.219 e. The monoisotopic (exact) mass is 343 g/mol. The molecule has 106 valence electrons.